The molecule has 86 valence electrons. The molecule has 2 atom stereocenters. The van der Waals surface area contributed by atoms with E-state index >= 15 is 0 Å². The summed E-state index contributed by atoms with van der Waals surface area (Å²) in [5, 5.41) is 0. The topological polar surface area (TPSA) is 35.2 Å². The molecule has 2 N–H and O–H groups in total. The maximum Gasteiger partial charge on any atom is 0.124 e. The lowest BCUT2D eigenvalue weighted by molar-refractivity contribution is 0.102. The highest BCUT2D eigenvalue weighted by Gasteiger charge is 2.32. The molecule has 1 aliphatic heterocycles. The number of hydrogen-bond acceptors (Lipinski definition) is 2. The molecule has 1 aromatic rings. The number of fused-ring (bicyclic) bond motifs is 1. The minimum atomic E-state index is 0.163. The van der Waals surface area contributed by atoms with E-state index in [0.29, 0.717) is 6.10 Å². The van der Waals surface area contributed by atoms with Gasteiger partial charge in [0, 0.05) is 18.0 Å². The van der Waals surface area contributed by atoms with Gasteiger partial charge in [-0.1, -0.05) is 31.0 Å². The van der Waals surface area contributed by atoms with E-state index in [0.717, 1.165) is 18.1 Å². The van der Waals surface area contributed by atoms with Crippen LogP contribution < -0.4 is 10.5 Å². The third-order valence-corrected chi connectivity index (χ3v) is 4.01. The summed E-state index contributed by atoms with van der Waals surface area (Å²) in [5.41, 5.74) is 7.40. The maximum atomic E-state index is 6.22. The van der Waals surface area contributed by atoms with Crippen molar-refractivity contribution in [1.82, 2.24) is 0 Å². The van der Waals surface area contributed by atoms with Gasteiger partial charge in [0.1, 0.15) is 11.9 Å². The number of nitrogens with two attached hydrogens (primary N) is 1. The van der Waals surface area contributed by atoms with Gasteiger partial charge < -0.3 is 10.5 Å². The highest BCUT2D eigenvalue weighted by molar-refractivity contribution is 5.37. The summed E-state index contributed by atoms with van der Waals surface area (Å²) in [5.74, 6) is 1.75. The van der Waals surface area contributed by atoms with E-state index in [9.17, 15) is 0 Å². The lowest BCUT2D eigenvalue weighted by Crippen LogP contribution is -2.34. The van der Waals surface area contributed by atoms with Crippen LogP contribution in [0.1, 0.15) is 43.7 Å². The van der Waals surface area contributed by atoms with E-state index in [2.05, 4.69) is 12.1 Å². The second-order valence-corrected chi connectivity index (χ2v) is 5.08. The van der Waals surface area contributed by atoms with Gasteiger partial charge >= 0.3 is 0 Å². The van der Waals surface area contributed by atoms with E-state index in [1.807, 2.05) is 12.1 Å². The van der Waals surface area contributed by atoms with Gasteiger partial charge in [-0.15, -0.1) is 0 Å². The second kappa shape index (κ2) is 4.10. The van der Waals surface area contributed by atoms with Gasteiger partial charge in [-0.25, -0.2) is 0 Å². The van der Waals surface area contributed by atoms with E-state index < -0.39 is 0 Å². The Bertz CT molecular complexity index is 371. The molecule has 16 heavy (non-hydrogen) atoms. The zero-order chi connectivity index (χ0) is 11.0. The van der Waals surface area contributed by atoms with Crippen LogP contribution in [-0.4, -0.2) is 6.10 Å². The number of para-hydroxylation sites is 1. The van der Waals surface area contributed by atoms with Crippen molar-refractivity contribution in [3.63, 3.8) is 0 Å². The summed E-state index contributed by atoms with van der Waals surface area (Å²) >= 11 is 0. The van der Waals surface area contributed by atoms with Gasteiger partial charge in [-0.05, 0) is 24.8 Å². The van der Waals surface area contributed by atoms with Gasteiger partial charge in [0.15, 0.2) is 0 Å². The van der Waals surface area contributed by atoms with Crippen molar-refractivity contribution in [2.24, 2.45) is 11.7 Å². The molecule has 1 aliphatic carbocycles. The molecule has 1 unspecified atom stereocenters. The Balaban J connectivity index is 1.83. The van der Waals surface area contributed by atoms with Gasteiger partial charge in [0.05, 0.1) is 0 Å². The summed E-state index contributed by atoms with van der Waals surface area (Å²) in [6.45, 7) is 0. The summed E-state index contributed by atoms with van der Waals surface area (Å²) in [4.78, 5) is 0. The molecular weight excluding hydrogens is 198 g/mol. The van der Waals surface area contributed by atoms with Crippen molar-refractivity contribution >= 4 is 0 Å². The predicted octanol–water partition coefficient (Wildman–Crippen LogP) is 3.03. The Labute approximate surface area is 96.8 Å². The first-order valence-electron chi connectivity index (χ1n) is 6.36. The summed E-state index contributed by atoms with van der Waals surface area (Å²) < 4.78 is 6.11. The molecule has 2 nitrogen and oxygen atoms in total. The Morgan fingerprint density at radius 1 is 1.12 bits per heavy atom. The fourth-order valence-corrected chi connectivity index (χ4v) is 3.10. The smallest absolute Gasteiger partial charge is 0.124 e. The average Bonchev–Trinajstić information content (AvgIpc) is 2.82. The van der Waals surface area contributed by atoms with Crippen molar-refractivity contribution in [2.75, 3.05) is 0 Å². The summed E-state index contributed by atoms with van der Waals surface area (Å²) in [6.07, 6.45) is 6.70. The second-order valence-electron chi connectivity index (χ2n) is 5.08. The van der Waals surface area contributed by atoms with Crippen molar-refractivity contribution in [1.29, 1.82) is 0 Å². The van der Waals surface area contributed by atoms with Crippen LogP contribution in [0.4, 0.5) is 0 Å². The first-order chi connectivity index (χ1) is 7.84. The molecular formula is C14H19NO. The van der Waals surface area contributed by atoms with Crippen LogP contribution in [0.25, 0.3) is 0 Å². The van der Waals surface area contributed by atoms with Crippen molar-refractivity contribution in [3.8, 4) is 5.75 Å². The Kier molecular flexibility index (Phi) is 2.60. The predicted molar refractivity (Wildman–Crippen MR) is 64.4 cm³/mol. The van der Waals surface area contributed by atoms with E-state index in [1.54, 1.807) is 0 Å². The number of hydrogen-bond donors (Lipinski definition) is 1. The molecule has 0 aromatic heterocycles. The van der Waals surface area contributed by atoms with E-state index in [-0.39, 0.29) is 6.04 Å². The van der Waals surface area contributed by atoms with Crippen LogP contribution in [-0.2, 0) is 0 Å². The molecule has 0 bridgehead atoms. The van der Waals surface area contributed by atoms with E-state index in [1.165, 1.54) is 31.2 Å². The van der Waals surface area contributed by atoms with Gasteiger partial charge in [-0.3, -0.25) is 0 Å². The molecule has 3 rings (SSSR count). The lowest BCUT2D eigenvalue weighted by Gasteiger charge is -2.33. The fourth-order valence-electron chi connectivity index (χ4n) is 3.10. The molecule has 2 heteroatoms. The van der Waals surface area contributed by atoms with Gasteiger partial charge in [0.25, 0.3) is 0 Å². The number of rotatable bonds is 1. The third kappa shape index (κ3) is 1.71. The first-order valence-corrected chi connectivity index (χ1v) is 6.36. The molecule has 0 amide bonds. The van der Waals surface area contributed by atoms with Crippen molar-refractivity contribution < 1.29 is 4.74 Å². The zero-order valence-corrected chi connectivity index (χ0v) is 9.56. The molecule has 2 aliphatic rings. The van der Waals surface area contributed by atoms with E-state index in [4.69, 9.17) is 10.5 Å². The molecule has 1 heterocycles. The maximum absolute atomic E-state index is 6.22. The van der Waals surface area contributed by atoms with Crippen LogP contribution in [0.15, 0.2) is 24.3 Å². The first kappa shape index (κ1) is 10.2. The Hall–Kier alpha value is -1.02. The number of benzene rings is 1. The molecule has 1 fully saturated rings. The van der Waals surface area contributed by atoms with Crippen molar-refractivity contribution in [3.05, 3.63) is 29.8 Å². The summed E-state index contributed by atoms with van der Waals surface area (Å²) in [7, 11) is 0. The van der Waals surface area contributed by atoms with Crippen LogP contribution in [0.5, 0.6) is 5.75 Å². The highest BCUT2D eigenvalue weighted by Crippen LogP contribution is 2.39. The fraction of sp³-hybridized carbons (Fsp3) is 0.571. The SMILES string of the molecule is N[C@@H]1CC(C2CCCC2)Oc2ccccc21. The van der Waals surface area contributed by atoms with Crippen LogP contribution >= 0.6 is 0 Å². The van der Waals surface area contributed by atoms with Crippen LogP contribution in [0.3, 0.4) is 0 Å². The van der Waals surface area contributed by atoms with Crippen LogP contribution in [0.2, 0.25) is 0 Å². The quantitative estimate of drug-likeness (QED) is 0.784. The van der Waals surface area contributed by atoms with Gasteiger partial charge in [-0.2, -0.15) is 0 Å². The molecule has 0 saturated heterocycles. The van der Waals surface area contributed by atoms with Crippen LogP contribution in [0, 0.1) is 5.92 Å². The average molecular weight is 217 g/mol. The van der Waals surface area contributed by atoms with Crippen molar-refractivity contribution in [2.45, 2.75) is 44.2 Å². The Morgan fingerprint density at radius 3 is 2.69 bits per heavy atom. The number of ether oxygens (including phenoxy) is 1. The minimum Gasteiger partial charge on any atom is -0.490 e. The molecule has 1 saturated carbocycles. The molecule has 0 spiro atoms. The normalized spacial score (nSPS) is 29.8. The standard InChI is InChI=1S/C14H19NO/c15-12-9-14(10-5-1-2-6-10)16-13-8-4-3-7-11(12)13/h3-4,7-8,10,12,14H,1-2,5-6,9,15H2/t12-,14?/m1/s1. The monoisotopic (exact) mass is 217 g/mol. The molecule has 0 radical (unpaired) electrons. The third-order valence-electron chi connectivity index (χ3n) is 4.01. The summed E-state index contributed by atoms with van der Waals surface area (Å²) in [6, 6.07) is 8.37. The largest absolute Gasteiger partial charge is 0.490 e. The van der Waals surface area contributed by atoms with Gasteiger partial charge in [0.2, 0.25) is 0 Å². The molecule has 1 aromatic carbocycles. The minimum absolute atomic E-state index is 0.163. The highest BCUT2D eigenvalue weighted by atomic mass is 16.5. The Morgan fingerprint density at radius 2 is 1.88 bits per heavy atom. The lowest BCUT2D eigenvalue weighted by atomic mass is 9.89. The zero-order valence-electron chi connectivity index (χ0n) is 9.56.